The molecular formula is C21H23BrN2O4S2. The van der Waals surface area contributed by atoms with E-state index in [-0.39, 0.29) is 12.5 Å². The van der Waals surface area contributed by atoms with Gasteiger partial charge in [0.15, 0.2) is 6.61 Å². The Balaban J connectivity index is 1.66. The Labute approximate surface area is 193 Å². The van der Waals surface area contributed by atoms with E-state index in [2.05, 4.69) is 26.5 Å². The Morgan fingerprint density at radius 1 is 1.17 bits per heavy atom. The van der Waals surface area contributed by atoms with E-state index in [1.807, 2.05) is 30.5 Å². The number of carbonyl (C=O) groups excluding carboxylic acids is 2. The van der Waals surface area contributed by atoms with Crippen molar-refractivity contribution in [2.24, 2.45) is 5.10 Å². The van der Waals surface area contributed by atoms with Crippen LogP contribution in [0.4, 0.5) is 0 Å². The van der Waals surface area contributed by atoms with E-state index in [0.717, 1.165) is 27.1 Å². The summed E-state index contributed by atoms with van der Waals surface area (Å²) in [5.41, 5.74) is 4.46. The number of nitrogens with one attached hydrogen (secondary N) is 1. The summed E-state index contributed by atoms with van der Waals surface area (Å²) < 4.78 is 11.4. The minimum atomic E-state index is -0.394. The zero-order chi connectivity index (χ0) is 21.6. The average molecular weight is 511 g/mol. The largest absolute Gasteiger partial charge is 0.482 e. The summed E-state index contributed by atoms with van der Waals surface area (Å²) in [7, 11) is 0. The van der Waals surface area contributed by atoms with Gasteiger partial charge in [-0.05, 0) is 47.7 Å². The van der Waals surface area contributed by atoms with Crippen molar-refractivity contribution in [2.45, 2.75) is 5.75 Å². The molecule has 0 aromatic heterocycles. The lowest BCUT2D eigenvalue weighted by Crippen LogP contribution is -2.19. The molecular weight excluding hydrogens is 488 g/mol. The molecule has 0 aliphatic rings. The summed E-state index contributed by atoms with van der Waals surface area (Å²) in [6.45, 7) is 0.252. The van der Waals surface area contributed by atoms with Crippen LogP contribution in [0.3, 0.4) is 0 Å². The smallest absolute Gasteiger partial charge is 0.344 e. The van der Waals surface area contributed by atoms with Crippen molar-refractivity contribution >= 4 is 57.5 Å². The quantitative estimate of drug-likeness (QED) is 0.200. The van der Waals surface area contributed by atoms with Crippen molar-refractivity contribution in [1.29, 1.82) is 0 Å². The van der Waals surface area contributed by atoms with Gasteiger partial charge in [-0.25, -0.2) is 10.2 Å². The summed E-state index contributed by atoms with van der Waals surface area (Å²) >= 11 is 6.63. The number of hydrazone groups is 1. The number of esters is 1. The molecule has 2 aromatic rings. The SMILES string of the molecule is CSCCOC(=O)COc1ccc(/C=N\NC(=O)CSCc2ccccc2Br)cc1. The number of hydrogen-bond donors (Lipinski definition) is 1. The summed E-state index contributed by atoms with van der Waals surface area (Å²) in [6.07, 6.45) is 3.50. The zero-order valence-electron chi connectivity index (χ0n) is 16.5. The van der Waals surface area contributed by atoms with Crippen LogP contribution >= 0.6 is 39.5 Å². The summed E-state index contributed by atoms with van der Waals surface area (Å²) in [4.78, 5) is 23.4. The minimum Gasteiger partial charge on any atom is -0.482 e. The normalized spacial score (nSPS) is 10.7. The van der Waals surface area contributed by atoms with Gasteiger partial charge in [-0.2, -0.15) is 16.9 Å². The van der Waals surface area contributed by atoms with Crippen molar-refractivity contribution in [1.82, 2.24) is 5.43 Å². The molecule has 30 heavy (non-hydrogen) atoms. The van der Waals surface area contributed by atoms with E-state index in [9.17, 15) is 9.59 Å². The van der Waals surface area contributed by atoms with Gasteiger partial charge < -0.3 is 9.47 Å². The summed E-state index contributed by atoms with van der Waals surface area (Å²) in [5, 5.41) is 3.97. The lowest BCUT2D eigenvalue weighted by molar-refractivity contribution is -0.145. The number of ether oxygens (including phenoxy) is 2. The first-order chi connectivity index (χ1) is 14.6. The van der Waals surface area contributed by atoms with Gasteiger partial charge in [0.25, 0.3) is 0 Å². The van der Waals surface area contributed by atoms with Gasteiger partial charge in [-0.15, -0.1) is 11.8 Å². The number of amides is 1. The maximum Gasteiger partial charge on any atom is 0.344 e. The van der Waals surface area contributed by atoms with E-state index in [1.54, 1.807) is 42.2 Å². The van der Waals surface area contributed by atoms with E-state index < -0.39 is 5.97 Å². The number of benzene rings is 2. The van der Waals surface area contributed by atoms with Crippen LogP contribution < -0.4 is 10.2 Å². The van der Waals surface area contributed by atoms with Gasteiger partial charge in [0, 0.05) is 16.0 Å². The molecule has 0 aliphatic carbocycles. The van der Waals surface area contributed by atoms with Crippen LogP contribution in [-0.4, -0.2) is 49.1 Å². The molecule has 0 aliphatic heterocycles. The van der Waals surface area contributed by atoms with Gasteiger partial charge in [0.2, 0.25) is 5.91 Å². The minimum absolute atomic E-state index is 0.130. The number of hydrogen-bond acceptors (Lipinski definition) is 7. The molecule has 2 aromatic carbocycles. The van der Waals surface area contributed by atoms with E-state index in [4.69, 9.17) is 9.47 Å². The molecule has 2 rings (SSSR count). The molecule has 0 saturated heterocycles. The average Bonchev–Trinajstić information content (AvgIpc) is 2.75. The molecule has 0 spiro atoms. The van der Waals surface area contributed by atoms with Crippen LogP contribution in [0.5, 0.6) is 5.75 Å². The highest BCUT2D eigenvalue weighted by atomic mass is 79.9. The van der Waals surface area contributed by atoms with Crippen molar-refractivity contribution in [3.8, 4) is 5.75 Å². The van der Waals surface area contributed by atoms with E-state index in [1.165, 1.54) is 11.8 Å². The topological polar surface area (TPSA) is 77.0 Å². The molecule has 1 N–H and O–H groups in total. The number of nitrogens with zero attached hydrogens (tertiary/aromatic N) is 1. The highest BCUT2D eigenvalue weighted by Crippen LogP contribution is 2.21. The lowest BCUT2D eigenvalue weighted by Gasteiger charge is -2.06. The molecule has 6 nitrogen and oxygen atoms in total. The molecule has 0 radical (unpaired) electrons. The molecule has 9 heteroatoms. The van der Waals surface area contributed by atoms with Gasteiger partial charge in [0.1, 0.15) is 12.4 Å². The Morgan fingerprint density at radius 3 is 2.67 bits per heavy atom. The highest BCUT2D eigenvalue weighted by Gasteiger charge is 2.05. The second kappa shape index (κ2) is 14.1. The first kappa shape index (κ1) is 24.3. The van der Waals surface area contributed by atoms with Crippen LogP contribution in [-0.2, 0) is 20.1 Å². The van der Waals surface area contributed by atoms with Gasteiger partial charge in [-0.1, -0.05) is 34.1 Å². The lowest BCUT2D eigenvalue weighted by atomic mass is 10.2. The first-order valence-electron chi connectivity index (χ1n) is 9.09. The predicted molar refractivity (Wildman–Crippen MR) is 127 cm³/mol. The molecule has 160 valence electrons. The van der Waals surface area contributed by atoms with Crippen molar-refractivity contribution in [3.63, 3.8) is 0 Å². The Hall–Kier alpha value is -1.97. The molecule has 0 bridgehead atoms. The molecule has 1 amide bonds. The van der Waals surface area contributed by atoms with Crippen LogP contribution in [0.2, 0.25) is 0 Å². The Morgan fingerprint density at radius 2 is 1.93 bits per heavy atom. The van der Waals surface area contributed by atoms with Crippen LogP contribution in [0.1, 0.15) is 11.1 Å². The van der Waals surface area contributed by atoms with Crippen LogP contribution in [0.25, 0.3) is 0 Å². The second-order valence-electron chi connectivity index (χ2n) is 5.95. The second-order valence-corrected chi connectivity index (χ2v) is 8.77. The van der Waals surface area contributed by atoms with Crippen molar-refractivity contribution < 1.29 is 19.1 Å². The molecule has 0 atom stereocenters. The molecule has 0 heterocycles. The molecule has 0 fully saturated rings. The van der Waals surface area contributed by atoms with Crippen molar-refractivity contribution in [2.75, 3.05) is 31.0 Å². The predicted octanol–water partition coefficient (Wildman–Crippen LogP) is 4.12. The Kier molecular flexibility index (Phi) is 11.4. The fourth-order valence-electron chi connectivity index (χ4n) is 2.15. The van der Waals surface area contributed by atoms with E-state index in [0.29, 0.717) is 18.1 Å². The van der Waals surface area contributed by atoms with Crippen LogP contribution in [0.15, 0.2) is 58.1 Å². The van der Waals surface area contributed by atoms with Crippen molar-refractivity contribution in [3.05, 3.63) is 64.1 Å². The van der Waals surface area contributed by atoms with Gasteiger partial charge >= 0.3 is 5.97 Å². The third-order valence-corrected chi connectivity index (χ3v) is 5.97. The fourth-order valence-corrected chi connectivity index (χ4v) is 3.84. The fraction of sp³-hybridized carbons (Fsp3) is 0.286. The molecule has 0 saturated carbocycles. The maximum atomic E-state index is 11.9. The van der Waals surface area contributed by atoms with Gasteiger partial charge in [-0.3, -0.25) is 4.79 Å². The van der Waals surface area contributed by atoms with Gasteiger partial charge in [0.05, 0.1) is 12.0 Å². The zero-order valence-corrected chi connectivity index (χ0v) is 19.7. The molecule has 0 unspecified atom stereocenters. The number of rotatable bonds is 12. The first-order valence-corrected chi connectivity index (χ1v) is 12.4. The number of halogens is 1. The number of carbonyl (C=O) groups is 2. The Bertz CT molecular complexity index is 847. The monoisotopic (exact) mass is 510 g/mol. The third kappa shape index (κ3) is 9.69. The number of thioether (sulfide) groups is 2. The third-order valence-electron chi connectivity index (χ3n) is 3.64. The summed E-state index contributed by atoms with van der Waals surface area (Å²) in [5.74, 6) is 1.82. The summed E-state index contributed by atoms with van der Waals surface area (Å²) in [6, 6.07) is 15.0. The van der Waals surface area contributed by atoms with Crippen LogP contribution in [0, 0.1) is 0 Å². The standard InChI is InChI=1S/C21H23BrN2O4S2/c1-29-11-10-27-21(26)13-28-18-8-6-16(7-9-18)12-23-24-20(25)15-30-14-17-4-2-3-5-19(17)22/h2-9,12H,10-11,13-15H2,1H3,(H,24,25)/b23-12-. The highest BCUT2D eigenvalue weighted by molar-refractivity contribution is 9.10. The maximum absolute atomic E-state index is 11.9. The van der Waals surface area contributed by atoms with E-state index >= 15 is 0 Å².